The SMILES string of the molecule is CCCN(c1ncc(C(F)(F)F)cc1CN1COC(c2cc(C(F)(F)F)cc(C(F)(F)F)c2)C1C)C1CCOCC1. The first-order chi connectivity index (χ1) is 19.1. The third-order valence-corrected chi connectivity index (χ3v) is 7.38. The lowest BCUT2D eigenvalue weighted by Gasteiger charge is -2.37. The lowest BCUT2D eigenvalue weighted by Crippen LogP contribution is -2.41. The fourth-order valence-corrected chi connectivity index (χ4v) is 5.28. The maximum Gasteiger partial charge on any atom is 0.417 e. The van der Waals surface area contributed by atoms with E-state index >= 15 is 0 Å². The molecular formula is C27H30F9N3O2. The number of aromatic nitrogens is 1. The van der Waals surface area contributed by atoms with Gasteiger partial charge in [0.2, 0.25) is 0 Å². The van der Waals surface area contributed by atoms with Crippen LogP contribution in [-0.2, 0) is 34.5 Å². The summed E-state index contributed by atoms with van der Waals surface area (Å²) >= 11 is 0. The van der Waals surface area contributed by atoms with Crippen molar-refractivity contribution < 1.29 is 49.0 Å². The lowest BCUT2D eigenvalue weighted by atomic mass is 9.97. The van der Waals surface area contributed by atoms with Gasteiger partial charge in [0.25, 0.3) is 0 Å². The van der Waals surface area contributed by atoms with Crippen molar-refractivity contribution in [2.45, 2.75) is 76.4 Å². The summed E-state index contributed by atoms with van der Waals surface area (Å²) in [6.45, 7) is 4.67. The standard InChI is InChI=1S/C27H30F9N3O2/c1-3-6-39(22-4-7-40-8-5-22)24-18(11-21(13-37-24)27(34,35)36)14-38-15-41-23(16(38)2)17-9-19(25(28,29)30)12-20(10-17)26(31,32)33/h9-13,16,22-23H,3-8,14-15H2,1-2H3. The largest absolute Gasteiger partial charge is 0.417 e. The summed E-state index contributed by atoms with van der Waals surface area (Å²) in [5.41, 5.74) is -3.98. The van der Waals surface area contributed by atoms with E-state index in [4.69, 9.17) is 9.47 Å². The molecule has 0 N–H and O–H groups in total. The van der Waals surface area contributed by atoms with E-state index in [-0.39, 0.29) is 36.5 Å². The van der Waals surface area contributed by atoms with Crippen LogP contribution in [0, 0.1) is 0 Å². The molecule has 0 aliphatic carbocycles. The molecule has 2 unspecified atom stereocenters. The number of alkyl halides is 9. The Kier molecular flexibility index (Phi) is 9.15. The Morgan fingerprint density at radius 2 is 1.46 bits per heavy atom. The highest BCUT2D eigenvalue weighted by Gasteiger charge is 2.41. The first-order valence-electron chi connectivity index (χ1n) is 13.1. The van der Waals surface area contributed by atoms with Crippen LogP contribution in [0.2, 0.25) is 0 Å². The zero-order valence-corrected chi connectivity index (χ0v) is 22.3. The summed E-state index contributed by atoms with van der Waals surface area (Å²) in [7, 11) is 0. The Bertz CT molecular complexity index is 1160. The van der Waals surface area contributed by atoms with Gasteiger partial charge in [-0.15, -0.1) is 0 Å². The number of pyridine rings is 1. The number of hydrogen-bond donors (Lipinski definition) is 0. The van der Waals surface area contributed by atoms with Crippen LogP contribution in [0.4, 0.5) is 45.3 Å². The van der Waals surface area contributed by atoms with Gasteiger partial charge in [-0.25, -0.2) is 4.98 Å². The number of anilines is 1. The van der Waals surface area contributed by atoms with Crippen molar-refractivity contribution in [1.82, 2.24) is 9.88 Å². The van der Waals surface area contributed by atoms with Gasteiger partial charge in [0, 0.05) is 50.1 Å². The molecule has 2 aliphatic rings. The second-order valence-corrected chi connectivity index (χ2v) is 10.3. The Morgan fingerprint density at radius 3 is 2.00 bits per heavy atom. The van der Waals surface area contributed by atoms with Gasteiger partial charge in [0.1, 0.15) is 12.5 Å². The Labute approximate surface area is 231 Å². The average Bonchev–Trinajstić information content (AvgIpc) is 3.26. The van der Waals surface area contributed by atoms with Crippen molar-refractivity contribution in [3.05, 3.63) is 58.3 Å². The molecule has 0 radical (unpaired) electrons. The Balaban J connectivity index is 1.67. The van der Waals surface area contributed by atoms with Crippen LogP contribution in [0.3, 0.4) is 0 Å². The van der Waals surface area contributed by atoms with E-state index < -0.39 is 47.4 Å². The smallest absolute Gasteiger partial charge is 0.381 e. The minimum atomic E-state index is -5.02. The Hall–Kier alpha value is -2.58. The van der Waals surface area contributed by atoms with E-state index in [0.29, 0.717) is 57.0 Å². The molecule has 2 fully saturated rings. The third kappa shape index (κ3) is 7.26. The van der Waals surface area contributed by atoms with E-state index in [2.05, 4.69) is 4.98 Å². The van der Waals surface area contributed by atoms with Gasteiger partial charge in [-0.05, 0) is 56.0 Å². The van der Waals surface area contributed by atoms with Gasteiger partial charge in [0.05, 0.1) is 22.8 Å². The first kappa shape index (κ1) is 31.4. The highest BCUT2D eigenvalue weighted by Crippen LogP contribution is 2.41. The molecule has 2 aromatic rings. The second-order valence-electron chi connectivity index (χ2n) is 10.3. The van der Waals surface area contributed by atoms with Crippen molar-refractivity contribution >= 4 is 5.82 Å². The van der Waals surface area contributed by atoms with Crippen molar-refractivity contribution in [2.75, 3.05) is 31.4 Å². The number of rotatable bonds is 7. The van der Waals surface area contributed by atoms with Crippen molar-refractivity contribution in [2.24, 2.45) is 0 Å². The number of hydrogen-bond acceptors (Lipinski definition) is 5. The van der Waals surface area contributed by atoms with Gasteiger partial charge in [0.15, 0.2) is 0 Å². The van der Waals surface area contributed by atoms with Gasteiger partial charge < -0.3 is 14.4 Å². The van der Waals surface area contributed by atoms with Crippen LogP contribution in [0.15, 0.2) is 30.5 Å². The zero-order chi connectivity index (χ0) is 30.2. The van der Waals surface area contributed by atoms with E-state index in [0.717, 1.165) is 12.3 Å². The van der Waals surface area contributed by atoms with Crippen LogP contribution in [0.25, 0.3) is 0 Å². The molecule has 1 aromatic carbocycles. The van der Waals surface area contributed by atoms with Crippen LogP contribution in [0.1, 0.15) is 67.0 Å². The number of nitrogens with zero attached hydrogens (tertiary/aromatic N) is 3. The molecular weight excluding hydrogens is 569 g/mol. The number of ether oxygens (including phenoxy) is 2. The van der Waals surface area contributed by atoms with Crippen LogP contribution in [0.5, 0.6) is 0 Å². The third-order valence-electron chi connectivity index (χ3n) is 7.38. The maximum absolute atomic E-state index is 13.7. The quantitative estimate of drug-likeness (QED) is 0.309. The molecule has 3 heterocycles. The summed E-state index contributed by atoms with van der Waals surface area (Å²) in [4.78, 5) is 7.74. The van der Waals surface area contributed by atoms with Crippen molar-refractivity contribution in [3.63, 3.8) is 0 Å². The molecule has 5 nitrogen and oxygen atoms in total. The topological polar surface area (TPSA) is 37.8 Å². The fraction of sp³-hybridized carbons (Fsp3) is 0.593. The molecule has 0 spiro atoms. The second kappa shape index (κ2) is 12.0. The van der Waals surface area contributed by atoms with Crippen molar-refractivity contribution in [1.29, 1.82) is 0 Å². The summed E-state index contributed by atoms with van der Waals surface area (Å²) in [5, 5.41) is 0. The Morgan fingerprint density at radius 1 is 0.878 bits per heavy atom. The first-order valence-corrected chi connectivity index (χ1v) is 13.1. The molecule has 41 heavy (non-hydrogen) atoms. The fourth-order valence-electron chi connectivity index (χ4n) is 5.28. The molecule has 4 rings (SSSR count). The molecule has 1 aromatic heterocycles. The molecule has 0 amide bonds. The monoisotopic (exact) mass is 599 g/mol. The van der Waals surface area contributed by atoms with E-state index in [1.165, 1.54) is 0 Å². The molecule has 228 valence electrons. The number of benzene rings is 1. The molecule has 2 saturated heterocycles. The zero-order valence-electron chi connectivity index (χ0n) is 22.3. The van der Waals surface area contributed by atoms with Crippen LogP contribution < -0.4 is 4.90 Å². The average molecular weight is 600 g/mol. The van der Waals surface area contributed by atoms with E-state index in [1.54, 1.807) is 11.8 Å². The van der Waals surface area contributed by atoms with E-state index in [9.17, 15) is 39.5 Å². The number of halogens is 9. The summed E-state index contributed by atoms with van der Waals surface area (Å²) in [6.07, 6.45) is -13.1. The van der Waals surface area contributed by atoms with Crippen LogP contribution in [-0.4, -0.2) is 48.5 Å². The summed E-state index contributed by atoms with van der Waals surface area (Å²) < 4.78 is 133. The van der Waals surface area contributed by atoms with Crippen molar-refractivity contribution in [3.8, 4) is 0 Å². The molecule has 0 bridgehead atoms. The molecule has 2 atom stereocenters. The lowest BCUT2D eigenvalue weighted by molar-refractivity contribution is -0.143. The summed E-state index contributed by atoms with van der Waals surface area (Å²) in [6, 6.07) is 1.50. The predicted molar refractivity (Wildman–Crippen MR) is 131 cm³/mol. The normalized spacial score (nSPS) is 21.4. The summed E-state index contributed by atoms with van der Waals surface area (Å²) in [5.74, 6) is 0.348. The minimum absolute atomic E-state index is 0.0161. The molecule has 14 heteroatoms. The van der Waals surface area contributed by atoms with Crippen LogP contribution >= 0.6 is 0 Å². The van der Waals surface area contributed by atoms with Gasteiger partial charge in [-0.2, -0.15) is 39.5 Å². The van der Waals surface area contributed by atoms with Gasteiger partial charge in [-0.3, -0.25) is 4.90 Å². The molecule has 0 saturated carbocycles. The maximum atomic E-state index is 13.7. The molecule has 2 aliphatic heterocycles. The van der Waals surface area contributed by atoms with Gasteiger partial charge in [-0.1, -0.05) is 6.92 Å². The highest BCUT2D eigenvalue weighted by atomic mass is 19.4. The minimum Gasteiger partial charge on any atom is -0.381 e. The highest BCUT2D eigenvalue weighted by molar-refractivity contribution is 5.50. The van der Waals surface area contributed by atoms with Gasteiger partial charge >= 0.3 is 18.5 Å². The predicted octanol–water partition coefficient (Wildman–Crippen LogP) is 7.45. The van der Waals surface area contributed by atoms with E-state index in [1.807, 2.05) is 11.8 Å².